The predicted molar refractivity (Wildman–Crippen MR) is 81.2 cm³/mol. The molecule has 1 amide bonds. The molecule has 0 spiro atoms. The number of carbonyl (C=O) groups excluding carboxylic acids is 1. The van der Waals surface area contributed by atoms with Gasteiger partial charge in [0, 0.05) is 10.1 Å². The lowest BCUT2D eigenvalue weighted by molar-refractivity contribution is -0.120. The quantitative estimate of drug-likeness (QED) is 0.843. The molecular formula is C15H14INO. The molecule has 2 aromatic rings. The third kappa shape index (κ3) is 4.14. The molecule has 2 nitrogen and oxygen atoms in total. The molecule has 0 aliphatic carbocycles. The van der Waals surface area contributed by atoms with E-state index in [1.165, 1.54) is 3.57 Å². The Morgan fingerprint density at radius 1 is 0.944 bits per heavy atom. The van der Waals surface area contributed by atoms with Crippen LogP contribution >= 0.6 is 22.6 Å². The van der Waals surface area contributed by atoms with E-state index in [9.17, 15) is 4.79 Å². The van der Waals surface area contributed by atoms with Crippen LogP contribution < -0.4 is 5.32 Å². The molecule has 0 bridgehead atoms. The van der Waals surface area contributed by atoms with E-state index in [1.54, 1.807) is 0 Å². The second kappa shape index (κ2) is 6.54. The summed E-state index contributed by atoms with van der Waals surface area (Å²) in [6.07, 6.45) is 0.434. The number of benzene rings is 2. The normalized spacial score (nSPS) is 10.1. The number of hydrogen-bond acceptors (Lipinski definition) is 1. The lowest BCUT2D eigenvalue weighted by Crippen LogP contribution is -2.24. The van der Waals surface area contributed by atoms with Gasteiger partial charge in [0.1, 0.15) is 0 Å². The van der Waals surface area contributed by atoms with E-state index < -0.39 is 0 Å². The first-order valence-corrected chi connectivity index (χ1v) is 6.87. The van der Waals surface area contributed by atoms with E-state index in [1.807, 2.05) is 54.6 Å². The molecule has 0 atom stereocenters. The van der Waals surface area contributed by atoms with Gasteiger partial charge < -0.3 is 5.32 Å². The van der Waals surface area contributed by atoms with Crippen LogP contribution in [-0.2, 0) is 17.8 Å². The van der Waals surface area contributed by atoms with Gasteiger partial charge in [0.15, 0.2) is 0 Å². The van der Waals surface area contributed by atoms with Crippen LogP contribution in [0.2, 0.25) is 0 Å². The van der Waals surface area contributed by atoms with Gasteiger partial charge in [0.25, 0.3) is 0 Å². The van der Waals surface area contributed by atoms with Crippen LogP contribution in [0.4, 0.5) is 0 Å². The minimum atomic E-state index is 0.0556. The summed E-state index contributed by atoms with van der Waals surface area (Å²) in [5.41, 5.74) is 2.16. The standard InChI is InChI=1S/C15H14INO/c16-14-8-6-12(7-9-14)10-15(18)17-11-13-4-2-1-3-5-13/h1-9H,10-11H2,(H,17,18). The van der Waals surface area contributed by atoms with Gasteiger partial charge in [0.2, 0.25) is 5.91 Å². The SMILES string of the molecule is O=C(Cc1ccc(I)cc1)NCc1ccccc1. The van der Waals surface area contributed by atoms with E-state index in [0.717, 1.165) is 11.1 Å². The summed E-state index contributed by atoms with van der Waals surface area (Å²) in [5, 5.41) is 2.92. The molecule has 2 aromatic carbocycles. The van der Waals surface area contributed by atoms with Crippen molar-refractivity contribution >= 4 is 28.5 Å². The van der Waals surface area contributed by atoms with Crippen molar-refractivity contribution in [2.45, 2.75) is 13.0 Å². The number of hydrogen-bond donors (Lipinski definition) is 1. The van der Waals surface area contributed by atoms with Gasteiger partial charge in [-0.2, -0.15) is 0 Å². The summed E-state index contributed by atoms with van der Waals surface area (Å²) in [6.45, 7) is 0.587. The van der Waals surface area contributed by atoms with E-state index in [0.29, 0.717) is 13.0 Å². The summed E-state index contributed by atoms with van der Waals surface area (Å²) in [4.78, 5) is 11.8. The van der Waals surface area contributed by atoms with Crippen molar-refractivity contribution < 1.29 is 4.79 Å². The Kier molecular flexibility index (Phi) is 4.75. The second-order valence-electron chi connectivity index (χ2n) is 4.07. The smallest absolute Gasteiger partial charge is 0.224 e. The zero-order chi connectivity index (χ0) is 12.8. The largest absolute Gasteiger partial charge is 0.352 e. The Morgan fingerprint density at radius 3 is 2.28 bits per heavy atom. The van der Waals surface area contributed by atoms with Crippen molar-refractivity contribution in [2.24, 2.45) is 0 Å². The maximum Gasteiger partial charge on any atom is 0.224 e. The highest BCUT2D eigenvalue weighted by Crippen LogP contribution is 2.07. The van der Waals surface area contributed by atoms with Crippen LogP contribution in [0.3, 0.4) is 0 Å². The zero-order valence-corrected chi connectivity index (χ0v) is 12.1. The van der Waals surface area contributed by atoms with Crippen LogP contribution in [0.15, 0.2) is 54.6 Å². The van der Waals surface area contributed by atoms with Crippen LogP contribution in [0.5, 0.6) is 0 Å². The Morgan fingerprint density at radius 2 is 1.61 bits per heavy atom. The molecule has 3 heteroatoms. The van der Waals surface area contributed by atoms with Crippen molar-refractivity contribution in [3.63, 3.8) is 0 Å². The van der Waals surface area contributed by atoms with Gasteiger partial charge in [-0.3, -0.25) is 4.79 Å². The topological polar surface area (TPSA) is 29.1 Å². The monoisotopic (exact) mass is 351 g/mol. The number of halogens is 1. The Labute approximate surface area is 121 Å². The van der Waals surface area contributed by atoms with Crippen LogP contribution in [0.25, 0.3) is 0 Å². The molecule has 2 rings (SSSR count). The molecule has 0 unspecified atom stereocenters. The van der Waals surface area contributed by atoms with E-state index in [-0.39, 0.29) is 5.91 Å². The van der Waals surface area contributed by atoms with Crippen LogP contribution in [-0.4, -0.2) is 5.91 Å². The third-order valence-corrected chi connectivity index (χ3v) is 3.33. The fourth-order valence-electron chi connectivity index (χ4n) is 1.65. The predicted octanol–water partition coefficient (Wildman–Crippen LogP) is 3.15. The molecule has 0 heterocycles. The molecule has 18 heavy (non-hydrogen) atoms. The maximum atomic E-state index is 11.8. The molecule has 0 aromatic heterocycles. The molecule has 0 radical (unpaired) electrons. The average Bonchev–Trinajstić information content (AvgIpc) is 2.40. The maximum absolute atomic E-state index is 11.8. The second-order valence-corrected chi connectivity index (χ2v) is 5.31. The van der Waals surface area contributed by atoms with Gasteiger partial charge in [-0.15, -0.1) is 0 Å². The minimum absolute atomic E-state index is 0.0556. The molecule has 0 saturated heterocycles. The number of amides is 1. The fraction of sp³-hybridized carbons (Fsp3) is 0.133. The minimum Gasteiger partial charge on any atom is -0.352 e. The number of rotatable bonds is 4. The third-order valence-electron chi connectivity index (χ3n) is 2.61. The molecule has 0 fully saturated rings. The lowest BCUT2D eigenvalue weighted by atomic mass is 10.1. The molecule has 92 valence electrons. The zero-order valence-electron chi connectivity index (χ0n) is 9.90. The van der Waals surface area contributed by atoms with Crippen molar-refractivity contribution in [2.75, 3.05) is 0 Å². The van der Waals surface area contributed by atoms with E-state index >= 15 is 0 Å². The molecule has 0 aliphatic heterocycles. The van der Waals surface area contributed by atoms with Crippen molar-refractivity contribution in [1.82, 2.24) is 5.32 Å². The highest BCUT2D eigenvalue weighted by atomic mass is 127. The van der Waals surface area contributed by atoms with Gasteiger partial charge in [0.05, 0.1) is 6.42 Å². The number of nitrogens with one attached hydrogen (secondary N) is 1. The first-order chi connectivity index (χ1) is 8.74. The van der Waals surface area contributed by atoms with Gasteiger partial charge >= 0.3 is 0 Å². The summed E-state index contributed by atoms with van der Waals surface area (Å²) < 4.78 is 1.18. The van der Waals surface area contributed by atoms with Gasteiger partial charge in [-0.25, -0.2) is 0 Å². The molecule has 0 aliphatic rings. The average molecular weight is 351 g/mol. The number of carbonyl (C=O) groups is 1. The van der Waals surface area contributed by atoms with Crippen molar-refractivity contribution in [1.29, 1.82) is 0 Å². The molecule has 0 saturated carbocycles. The van der Waals surface area contributed by atoms with Crippen molar-refractivity contribution in [3.05, 3.63) is 69.3 Å². The summed E-state index contributed by atoms with van der Waals surface area (Å²) in [7, 11) is 0. The van der Waals surface area contributed by atoms with E-state index in [4.69, 9.17) is 0 Å². The lowest BCUT2D eigenvalue weighted by Gasteiger charge is -2.05. The molecule has 1 N–H and O–H groups in total. The van der Waals surface area contributed by atoms with Crippen LogP contribution in [0.1, 0.15) is 11.1 Å². The fourth-order valence-corrected chi connectivity index (χ4v) is 2.01. The first-order valence-electron chi connectivity index (χ1n) is 5.79. The Balaban J connectivity index is 1.84. The van der Waals surface area contributed by atoms with Crippen molar-refractivity contribution in [3.8, 4) is 0 Å². The highest BCUT2D eigenvalue weighted by Gasteiger charge is 2.02. The van der Waals surface area contributed by atoms with Gasteiger partial charge in [-0.05, 0) is 45.9 Å². The summed E-state index contributed by atoms with van der Waals surface area (Å²) in [5.74, 6) is 0.0556. The van der Waals surface area contributed by atoms with E-state index in [2.05, 4.69) is 27.9 Å². The highest BCUT2D eigenvalue weighted by molar-refractivity contribution is 14.1. The summed E-state index contributed by atoms with van der Waals surface area (Å²) >= 11 is 2.25. The molecular weight excluding hydrogens is 337 g/mol. The Hall–Kier alpha value is -1.36. The first kappa shape index (κ1) is 13.1. The summed E-state index contributed by atoms with van der Waals surface area (Å²) in [6, 6.07) is 17.9. The van der Waals surface area contributed by atoms with Gasteiger partial charge in [-0.1, -0.05) is 42.5 Å². The van der Waals surface area contributed by atoms with Crippen LogP contribution in [0, 0.1) is 3.57 Å². The Bertz CT molecular complexity index is 508.